The topological polar surface area (TPSA) is 44.4 Å². The number of amides is 2. The van der Waals surface area contributed by atoms with Gasteiger partial charge in [0.1, 0.15) is 5.82 Å². The number of hydrogen-bond donors (Lipinski definition) is 2. The van der Waals surface area contributed by atoms with Gasteiger partial charge in [0, 0.05) is 25.8 Å². The summed E-state index contributed by atoms with van der Waals surface area (Å²) in [5, 5.41) is 5.98. The predicted molar refractivity (Wildman–Crippen MR) is 85.8 cm³/mol. The highest BCUT2D eigenvalue weighted by Crippen LogP contribution is 2.29. The van der Waals surface area contributed by atoms with Crippen molar-refractivity contribution in [3.63, 3.8) is 0 Å². The number of carbonyl (C=O) groups is 1. The van der Waals surface area contributed by atoms with Gasteiger partial charge in [0.15, 0.2) is 0 Å². The fraction of sp³-hybridized carbons (Fsp3) is 0.267. The third kappa shape index (κ3) is 3.05. The van der Waals surface area contributed by atoms with Gasteiger partial charge >= 0.3 is 6.03 Å². The maximum atomic E-state index is 13.8. The van der Waals surface area contributed by atoms with Gasteiger partial charge in [-0.3, -0.25) is 0 Å². The number of nitrogens with zero attached hydrogens (tertiary/aromatic N) is 1. The summed E-state index contributed by atoms with van der Waals surface area (Å²) < 4.78 is 13.8. The molecule has 116 valence electrons. The Morgan fingerprint density at radius 3 is 2.86 bits per heavy atom. The van der Waals surface area contributed by atoms with Gasteiger partial charge in [-0.15, -0.1) is 0 Å². The minimum Gasteiger partial charge on any atom is -0.387 e. The fourth-order valence-corrected chi connectivity index (χ4v) is 2.84. The number of benzene rings is 1. The average molecular weight is 342 g/mol. The second kappa shape index (κ2) is 6.18. The summed E-state index contributed by atoms with van der Waals surface area (Å²) in [7, 11) is 0. The molecule has 2 N–H and O–H groups in total. The summed E-state index contributed by atoms with van der Waals surface area (Å²) in [6.07, 6.45) is 4.85. The number of carbonyl (C=O) groups excluding carboxylic acids is 1. The zero-order chi connectivity index (χ0) is 15.7. The Labute approximate surface area is 137 Å². The van der Waals surface area contributed by atoms with E-state index in [1.54, 1.807) is 4.90 Å². The molecule has 1 saturated heterocycles. The van der Waals surface area contributed by atoms with E-state index >= 15 is 0 Å². The minimum atomic E-state index is -0.612. The Hall–Kier alpha value is -1.72. The quantitative estimate of drug-likeness (QED) is 0.763. The lowest BCUT2D eigenvalue weighted by molar-refractivity contribution is 0.213. The number of piperidine rings is 1. The van der Waals surface area contributed by atoms with E-state index < -0.39 is 5.82 Å². The number of likely N-dealkylation sites (tertiary alicyclic amines) is 1. The third-order valence-electron chi connectivity index (χ3n) is 3.71. The van der Waals surface area contributed by atoms with Crippen LogP contribution in [0.3, 0.4) is 0 Å². The molecule has 2 amide bonds. The van der Waals surface area contributed by atoms with Gasteiger partial charge in [-0.25, -0.2) is 9.18 Å². The second-order valence-electron chi connectivity index (χ2n) is 5.16. The van der Waals surface area contributed by atoms with Crippen LogP contribution in [0.25, 0.3) is 0 Å². The zero-order valence-electron chi connectivity index (χ0n) is 11.6. The normalized spacial score (nSPS) is 17.1. The Bertz CT molecular complexity index is 688. The van der Waals surface area contributed by atoms with Crippen molar-refractivity contribution in [3.05, 3.63) is 51.4 Å². The molecule has 0 aromatic heterocycles. The van der Waals surface area contributed by atoms with Crippen LogP contribution in [0.1, 0.15) is 6.42 Å². The van der Waals surface area contributed by atoms with Crippen molar-refractivity contribution in [2.75, 3.05) is 25.0 Å². The Kier molecular flexibility index (Phi) is 4.27. The van der Waals surface area contributed by atoms with E-state index in [2.05, 4.69) is 16.7 Å². The number of anilines is 1. The van der Waals surface area contributed by atoms with Crippen LogP contribution in [-0.2, 0) is 0 Å². The van der Waals surface area contributed by atoms with Gasteiger partial charge in [-0.2, -0.15) is 0 Å². The Morgan fingerprint density at radius 1 is 1.27 bits per heavy atom. The zero-order valence-corrected chi connectivity index (χ0v) is 13.1. The summed E-state index contributed by atoms with van der Waals surface area (Å²) in [5.41, 5.74) is 2.38. The summed E-state index contributed by atoms with van der Waals surface area (Å²) in [6, 6.07) is 2.04. The number of fused-ring (bicyclic) bond motifs is 1. The number of rotatable bonds is 1. The monoisotopic (exact) mass is 341 g/mol. The lowest BCUT2D eigenvalue weighted by atomic mass is 9.97. The highest BCUT2D eigenvalue weighted by molar-refractivity contribution is 6.42. The molecule has 2 heterocycles. The summed E-state index contributed by atoms with van der Waals surface area (Å²) >= 11 is 11.6. The SMILES string of the molecule is O=C(Nc1cc(Cl)c(Cl)cc1F)N1CCC2=CCNC=C2C1. The molecule has 0 unspecified atom stereocenters. The van der Waals surface area contributed by atoms with Gasteiger partial charge in [0.2, 0.25) is 0 Å². The van der Waals surface area contributed by atoms with E-state index in [0.29, 0.717) is 13.1 Å². The maximum absolute atomic E-state index is 13.8. The second-order valence-corrected chi connectivity index (χ2v) is 5.97. The van der Waals surface area contributed by atoms with E-state index in [1.807, 2.05) is 6.20 Å². The standard InChI is InChI=1S/C15H14Cl2FN3O/c16-11-5-13(18)14(6-12(11)17)20-15(22)21-4-2-9-1-3-19-7-10(9)8-21/h1,5-7,19H,2-4,8H2,(H,20,22). The molecular weight excluding hydrogens is 328 g/mol. The van der Waals surface area contributed by atoms with Gasteiger partial charge in [-0.1, -0.05) is 29.3 Å². The van der Waals surface area contributed by atoms with Crippen molar-refractivity contribution in [1.29, 1.82) is 0 Å². The van der Waals surface area contributed by atoms with Crippen LogP contribution in [0.15, 0.2) is 35.6 Å². The first-order valence-corrected chi connectivity index (χ1v) is 7.62. The summed E-state index contributed by atoms with van der Waals surface area (Å²) in [4.78, 5) is 13.9. The molecule has 0 saturated carbocycles. The van der Waals surface area contributed by atoms with Crippen molar-refractivity contribution in [2.24, 2.45) is 0 Å². The lowest BCUT2D eigenvalue weighted by Crippen LogP contribution is -2.41. The van der Waals surface area contributed by atoms with E-state index in [-0.39, 0.29) is 21.8 Å². The highest BCUT2D eigenvalue weighted by atomic mass is 35.5. The smallest absolute Gasteiger partial charge is 0.322 e. The molecule has 2 aliphatic rings. The van der Waals surface area contributed by atoms with Gasteiger partial charge in [0.25, 0.3) is 0 Å². The maximum Gasteiger partial charge on any atom is 0.322 e. The molecular formula is C15H14Cl2FN3O. The van der Waals surface area contributed by atoms with Crippen LogP contribution in [0.4, 0.5) is 14.9 Å². The number of hydrogen-bond acceptors (Lipinski definition) is 2. The Morgan fingerprint density at radius 2 is 2.05 bits per heavy atom. The highest BCUT2D eigenvalue weighted by Gasteiger charge is 2.24. The molecule has 3 rings (SSSR count). The molecule has 4 nitrogen and oxygen atoms in total. The van der Waals surface area contributed by atoms with Crippen molar-refractivity contribution in [3.8, 4) is 0 Å². The van der Waals surface area contributed by atoms with Crippen molar-refractivity contribution < 1.29 is 9.18 Å². The first kappa shape index (κ1) is 15.2. The molecule has 0 spiro atoms. The molecule has 0 radical (unpaired) electrons. The van der Waals surface area contributed by atoms with Crippen molar-refractivity contribution in [1.82, 2.24) is 10.2 Å². The van der Waals surface area contributed by atoms with E-state index in [1.165, 1.54) is 11.6 Å². The van der Waals surface area contributed by atoms with E-state index in [4.69, 9.17) is 23.2 Å². The van der Waals surface area contributed by atoms with Crippen molar-refractivity contribution >= 4 is 34.9 Å². The molecule has 7 heteroatoms. The van der Waals surface area contributed by atoms with Crippen LogP contribution in [0, 0.1) is 5.82 Å². The first-order valence-electron chi connectivity index (χ1n) is 6.87. The summed E-state index contributed by atoms with van der Waals surface area (Å²) in [6.45, 7) is 1.91. The first-order chi connectivity index (χ1) is 10.5. The number of urea groups is 1. The fourth-order valence-electron chi connectivity index (χ4n) is 2.52. The van der Waals surface area contributed by atoms with E-state index in [0.717, 1.165) is 24.6 Å². The minimum absolute atomic E-state index is 0.0245. The lowest BCUT2D eigenvalue weighted by Gasteiger charge is -2.32. The predicted octanol–water partition coefficient (Wildman–Crippen LogP) is 3.78. The van der Waals surface area contributed by atoms with Crippen LogP contribution in [0.2, 0.25) is 10.0 Å². The molecule has 1 fully saturated rings. The molecule has 1 aromatic carbocycles. The Balaban J connectivity index is 1.71. The van der Waals surface area contributed by atoms with Crippen molar-refractivity contribution in [2.45, 2.75) is 6.42 Å². The van der Waals surface area contributed by atoms with Crippen LogP contribution in [-0.4, -0.2) is 30.6 Å². The molecule has 0 bridgehead atoms. The molecule has 0 aliphatic carbocycles. The average Bonchev–Trinajstić information content (AvgIpc) is 2.52. The van der Waals surface area contributed by atoms with Gasteiger partial charge < -0.3 is 15.5 Å². The number of halogens is 3. The van der Waals surface area contributed by atoms with Gasteiger partial charge in [0.05, 0.1) is 15.7 Å². The van der Waals surface area contributed by atoms with E-state index in [9.17, 15) is 9.18 Å². The molecule has 2 aliphatic heterocycles. The van der Waals surface area contributed by atoms with Gasteiger partial charge in [-0.05, 0) is 29.7 Å². The third-order valence-corrected chi connectivity index (χ3v) is 4.43. The molecule has 0 atom stereocenters. The molecule has 1 aromatic rings. The number of dihydropyridines is 1. The van der Waals surface area contributed by atoms with Crippen LogP contribution in [0.5, 0.6) is 0 Å². The van der Waals surface area contributed by atoms with Crippen LogP contribution < -0.4 is 10.6 Å². The number of nitrogens with one attached hydrogen (secondary N) is 2. The van der Waals surface area contributed by atoms with Crippen LogP contribution >= 0.6 is 23.2 Å². The molecule has 22 heavy (non-hydrogen) atoms. The largest absolute Gasteiger partial charge is 0.387 e. The summed E-state index contributed by atoms with van der Waals surface area (Å²) in [5.74, 6) is -0.612.